The number of likely N-dealkylation sites (N-methyl/N-ethyl adjacent to an activating group) is 1. The minimum absolute atomic E-state index is 0.0108. The zero-order valence-corrected chi connectivity index (χ0v) is 6.63. The fraction of sp³-hybridized carbons (Fsp3) is 0.625. The molecule has 0 aromatic rings. The first kappa shape index (κ1) is 8.09. The molecule has 1 unspecified atom stereocenters. The second kappa shape index (κ2) is 3.40. The number of carbonyl (C=O) groups is 1. The van der Waals surface area contributed by atoms with Gasteiger partial charge in [-0.15, -0.1) is 6.42 Å². The van der Waals surface area contributed by atoms with Gasteiger partial charge in [-0.3, -0.25) is 4.79 Å². The molecule has 1 N–H and O–H groups in total. The lowest BCUT2D eigenvalue weighted by atomic mass is 10.3. The van der Waals surface area contributed by atoms with Gasteiger partial charge in [-0.25, -0.2) is 0 Å². The van der Waals surface area contributed by atoms with Crippen molar-refractivity contribution in [1.29, 1.82) is 0 Å². The first-order valence-electron chi connectivity index (χ1n) is 3.69. The SMILES string of the molecule is C#CCN1CCC(NC)C1=O. The van der Waals surface area contributed by atoms with E-state index in [1.807, 2.05) is 0 Å². The molecule has 60 valence electrons. The van der Waals surface area contributed by atoms with Crippen LogP contribution in [0.4, 0.5) is 0 Å². The normalized spacial score (nSPS) is 23.8. The minimum Gasteiger partial charge on any atom is -0.330 e. The molecule has 1 rings (SSSR count). The van der Waals surface area contributed by atoms with Gasteiger partial charge in [-0.05, 0) is 13.5 Å². The van der Waals surface area contributed by atoms with Gasteiger partial charge in [0.15, 0.2) is 0 Å². The van der Waals surface area contributed by atoms with E-state index in [-0.39, 0.29) is 11.9 Å². The highest BCUT2D eigenvalue weighted by Crippen LogP contribution is 2.09. The third-order valence-corrected chi connectivity index (χ3v) is 1.93. The Hall–Kier alpha value is -1.01. The summed E-state index contributed by atoms with van der Waals surface area (Å²) in [5.41, 5.74) is 0. The number of terminal acetylenes is 1. The van der Waals surface area contributed by atoms with E-state index in [9.17, 15) is 4.79 Å². The molecule has 1 saturated heterocycles. The Morgan fingerprint density at radius 1 is 1.91 bits per heavy atom. The van der Waals surface area contributed by atoms with Crippen LogP contribution in [0.15, 0.2) is 0 Å². The molecule has 11 heavy (non-hydrogen) atoms. The summed E-state index contributed by atoms with van der Waals surface area (Å²) < 4.78 is 0. The van der Waals surface area contributed by atoms with Crippen molar-refractivity contribution in [1.82, 2.24) is 10.2 Å². The lowest BCUT2D eigenvalue weighted by molar-refractivity contribution is -0.128. The van der Waals surface area contributed by atoms with Crippen molar-refractivity contribution in [3.8, 4) is 12.3 Å². The summed E-state index contributed by atoms with van der Waals surface area (Å²) in [5, 5.41) is 2.94. The average Bonchev–Trinajstić information content (AvgIpc) is 2.34. The first-order valence-corrected chi connectivity index (χ1v) is 3.69. The van der Waals surface area contributed by atoms with E-state index in [1.54, 1.807) is 11.9 Å². The lowest BCUT2D eigenvalue weighted by Crippen LogP contribution is -2.36. The van der Waals surface area contributed by atoms with Crippen LogP contribution < -0.4 is 5.32 Å². The summed E-state index contributed by atoms with van der Waals surface area (Å²) in [6.07, 6.45) is 5.97. The van der Waals surface area contributed by atoms with E-state index in [0.29, 0.717) is 6.54 Å². The highest BCUT2D eigenvalue weighted by Gasteiger charge is 2.29. The summed E-state index contributed by atoms with van der Waals surface area (Å²) in [6.45, 7) is 1.23. The van der Waals surface area contributed by atoms with Crippen molar-refractivity contribution in [2.45, 2.75) is 12.5 Å². The number of carbonyl (C=O) groups excluding carboxylic acids is 1. The molecule has 1 amide bonds. The van der Waals surface area contributed by atoms with E-state index in [2.05, 4.69) is 11.2 Å². The summed E-state index contributed by atoms with van der Waals surface area (Å²) in [7, 11) is 1.79. The van der Waals surface area contributed by atoms with Gasteiger partial charge in [0.2, 0.25) is 5.91 Å². The number of nitrogens with one attached hydrogen (secondary N) is 1. The molecule has 3 heteroatoms. The summed E-state index contributed by atoms with van der Waals surface area (Å²) >= 11 is 0. The van der Waals surface area contributed by atoms with Crippen molar-refractivity contribution < 1.29 is 4.79 Å². The van der Waals surface area contributed by atoms with Crippen LogP contribution in [0.3, 0.4) is 0 Å². The molecule has 1 heterocycles. The highest BCUT2D eigenvalue weighted by atomic mass is 16.2. The first-order chi connectivity index (χ1) is 5.29. The third kappa shape index (κ3) is 1.52. The third-order valence-electron chi connectivity index (χ3n) is 1.93. The van der Waals surface area contributed by atoms with Crippen LogP contribution in [0.5, 0.6) is 0 Å². The van der Waals surface area contributed by atoms with Crippen molar-refractivity contribution >= 4 is 5.91 Å². The number of nitrogens with zero attached hydrogens (tertiary/aromatic N) is 1. The topological polar surface area (TPSA) is 32.3 Å². The maximum Gasteiger partial charge on any atom is 0.240 e. The molecule has 1 fully saturated rings. The maximum atomic E-state index is 11.3. The molecule has 3 nitrogen and oxygen atoms in total. The van der Waals surface area contributed by atoms with Crippen LogP contribution >= 0.6 is 0 Å². The monoisotopic (exact) mass is 152 g/mol. The summed E-state index contributed by atoms with van der Waals surface area (Å²) in [4.78, 5) is 13.0. The zero-order valence-electron chi connectivity index (χ0n) is 6.63. The number of amides is 1. The highest BCUT2D eigenvalue weighted by molar-refractivity contribution is 5.84. The Morgan fingerprint density at radius 3 is 3.09 bits per heavy atom. The average molecular weight is 152 g/mol. The van der Waals surface area contributed by atoms with Gasteiger partial charge >= 0.3 is 0 Å². The Kier molecular flexibility index (Phi) is 2.50. The lowest BCUT2D eigenvalue weighted by Gasteiger charge is -2.12. The van der Waals surface area contributed by atoms with Crippen molar-refractivity contribution in [2.24, 2.45) is 0 Å². The van der Waals surface area contributed by atoms with Crippen molar-refractivity contribution in [3.05, 3.63) is 0 Å². The second-order valence-electron chi connectivity index (χ2n) is 2.59. The summed E-state index contributed by atoms with van der Waals surface area (Å²) in [6, 6.07) is -0.0108. The van der Waals surface area contributed by atoms with Gasteiger partial charge in [-0.1, -0.05) is 5.92 Å². The van der Waals surface area contributed by atoms with E-state index >= 15 is 0 Å². The fourth-order valence-corrected chi connectivity index (χ4v) is 1.27. The van der Waals surface area contributed by atoms with E-state index in [0.717, 1.165) is 13.0 Å². The molecule has 0 spiro atoms. The number of likely N-dealkylation sites (tertiary alicyclic amines) is 1. The Bertz CT molecular complexity index is 195. The number of hydrogen-bond acceptors (Lipinski definition) is 2. The van der Waals surface area contributed by atoms with Crippen molar-refractivity contribution in [3.63, 3.8) is 0 Å². The van der Waals surface area contributed by atoms with E-state index in [4.69, 9.17) is 6.42 Å². The van der Waals surface area contributed by atoms with Gasteiger partial charge < -0.3 is 10.2 Å². The van der Waals surface area contributed by atoms with Crippen LogP contribution in [0.2, 0.25) is 0 Å². The molecule has 0 radical (unpaired) electrons. The zero-order chi connectivity index (χ0) is 8.27. The quantitative estimate of drug-likeness (QED) is 0.538. The largest absolute Gasteiger partial charge is 0.330 e. The van der Waals surface area contributed by atoms with Gasteiger partial charge in [-0.2, -0.15) is 0 Å². The second-order valence-corrected chi connectivity index (χ2v) is 2.59. The molecule has 1 atom stereocenters. The Labute approximate surface area is 66.8 Å². The standard InChI is InChI=1S/C8H12N2O/c1-3-5-10-6-4-7(9-2)8(10)11/h1,7,9H,4-6H2,2H3. The Morgan fingerprint density at radius 2 is 2.64 bits per heavy atom. The Balaban J connectivity index is 2.50. The molecular weight excluding hydrogens is 140 g/mol. The molecule has 0 bridgehead atoms. The summed E-state index contributed by atoms with van der Waals surface area (Å²) in [5.74, 6) is 2.59. The van der Waals surface area contributed by atoms with Gasteiger partial charge in [0, 0.05) is 6.54 Å². The van der Waals surface area contributed by atoms with Crippen LogP contribution in [0.1, 0.15) is 6.42 Å². The molecule has 0 aromatic carbocycles. The van der Waals surface area contributed by atoms with Crippen molar-refractivity contribution in [2.75, 3.05) is 20.1 Å². The molecule has 0 aromatic heterocycles. The van der Waals surface area contributed by atoms with Crippen LogP contribution in [-0.2, 0) is 4.79 Å². The van der Waals surface area contributed by atoms with Crippen LogP contribution in [0, 0.1) is 12.3 Å². The maximum absolute atomic E-state index is 11.3. The number of rotatable bonds is 2. The molecule has 0 aliphatic carbocycles. The van der Waals surface area contributed by atoms with Gasteiger partial charge in [0.25, 0.3) is 0 Å². The fourth-order valence-electron chi connectivity index (χ4n) is 1.27. The number of hydrogen-bond donors (Lipinski definition) is 1. The smallest absolute Gasteiger partial charge is 0.240 e. The van der Waals surface area contributed by atoms with E-state index in [1.165, 1.54) is 0 Å². The van der Waals surface area contributed by atoms with Gasteiger partial charge in [0.1, 0.15) is 0 Å². The minimum atomic E-state index is -0.0108. The molecule has 1 aliphatic heterocycles. The molecule has 1 aliphatic rings. The van der Waals surface area contributed by atoms with Gasteiger partial charge in [0.05, 0.1) is 12.6 Å². The molecular formula is C8H12N2O. The van der Waals surface area contributed by atoms with Crippen LogP contribution in [-0.4, -0.2) is 37.0 Å². The van der Waals surface area contributed by atoms with Crippen LogP contribution in [0.25, 0.3) is 0 Å². The predicted molar refractivity (Wildman–Crippen MR) is 42.9 cm³/mol. The molecule has 0 saturated carbocycles. The predicted octanol–water partition coefficient (Wildman–Crippen LogP) is -0.560. The van der Waals surface area contributed by atoms with E-state index < -0.39 is 0 Å².